The van der Waals surface area contributed by atoms with Gasteiger partial charge in [0.2, 0.25) is 0 Å². The first-order valence-corrected chi connectivity index (χ1v) is 6.42. The highest BCUT2D eigenvalue weighted by Crippen LogP contribution is 2.35. The molecule has 2 rings (SSSR count). The second-order valence-electron chi connectivity index (χ2n) is 4.39. The van der Waals surface area contributed by atoms with Crippen LogP contribution in [0.25, 0.3) is 0 Å². The van der Waals surface area contributed by atoms with Gasteiger partial charge in [0, 0.05) is 23.1 Å². The topological polar surface area (TPSA) is 40.5 Å². The van der Waals surface area contributed by atoms with E-state index in [-0.39, 0.29) is 16.6 Å². The molecule has 0 unspecified atom stereocenters. The summed E-state index contributed by atoms with van der Waals surface area (Å²) in [5.74, 6) is -0.491. The lowest BCUT2D eigenvalue weighted by Crippen LogP contribution is -2.29. The summed E-state index contributed by atoms with van der Waals surface area (Å²) in [6, 6.07) is 3.38. The van der Waals surface area contributed by atoms with Gasteiger partial charge in [-0.05, 0) is 24.6 Å². The number of β-amino-alcohol motifs (C(OH)–C–C–N with tert-alkyl or cyclic N) is 1. The molecule has 1 aromatic rings. The van der Waals surface area contributed by atoms with Gasteiger partial charge in [-0.25, -0.2) is 0 Å². The second kappa shape index (κ2) is 5.13. The minimum absolute atomic E-state index is 0.0235. The van der Waals surface area contributed by atoms with Crippen LogP contribution in [0, 0.1) is 0 Å². The Hall–Kier alpha value is -1.08. The molecule has 0 aliphatic carbocycles. The van der Waals surface area contributed by atoms with Crippen molar-refractivity contribution in [2.24, 2.45) is 0 Å². The number of halogens is 4. The van der Waals surface area contributed by atoms with Gasteiger partial charge in [0.1, 0.15) is 0 Å². The van der Waals surface area contributed by atoms with Crippen LogP contribution in [0.2, 0.25) is 0 Å². The number of amides is 1. The number of hydrogen-bond acceptors (Lipinski definition) is 2. The Kier molecular flexibility index (Phi) is 3.87. The molecule has 19 heavy (non-hydrogen) atoms. The molecule has 0 aromatic heterocycles. The monoisotopic (exact) mass is 337 g/mol. The smallest absolute Gasteiger partial charge is 0.391 e. The van der Waals surface area contributed by atoms with Crippen LogP contribution in [0.1, 0.15) is 22.3 Å². The molecule has 1 heterocycles. The first kappa shape index (κ1) is 14.3. The number of aliphatic hydroxyl groups is 1. The van der Waals surface area contributed by atoms with Gasteiger partial charge in [-0.2, -0.15) is 13.2 Å². The molecule has 0 bridgehead atoms. The summed E-state index contributed by atoms with van der Waals surface area (Å²) in [6.07, 6.45) is -4.66. The van der Waals surface area contributed by atoms with Crippen LogP contribution < -0.4 is 0 Å². The van der Waals surface area contributed by atoms with Gasteiger partial charge in [0.15, 0.2) is 0 Å². The third kappa shape index (κ3) is 3.09. The van der Waals surface area contributed by atoms with Crippen molar-refractivity contribution in [3.8, 4) is 0 Å². The molecular weight excluding hydrogens is 327 g/mol. The Morgan fingerprint density at radius 3 is 2.63 bits per heavy atom. The molecule has 1 aliphatic rings. The van der Waals surface area contributed by atoms with Gasteiger partial charge in [0.25, 0.3) is 5.91 Å². The largest absolute Gasteiger partial charge is 0.417 e. The number of carbonyl (C=O) groups excluding carboxylic acids is 1. The summed E-state index contributed by atoms with van der Waals surface area (Å²) < 4.78 is 38.1. The molecule has 1 fully saturated rings. The molecule has 0 spiro atoms. The SMILES string of the molecule is O=C(c1ccc(Br)c(C(F)(F)F)c1)N1CC[C@@H](O)C1. The molecule has 0 radical (unpaired) electrons. The highest BCUT2D eigenvalue weighted by Gasteiger charge is 2.34. The number of nitrogens with zero attached hydrogens (tertiary/aromatic N) is 1. The third-order valence-corrected chi connectivity index (χ3v) is 3.66. The highest BCUT2D eigenvalue weighted by molar-refractivity contribution is 9.10. The maximum Gasteiger partial charge on any atom is 0.417 e. The predicted octanol–water partition coefficient (Wildman–Crippen LogP) is 2.67. The van der Waals surface area contributed by atoms with Crippen LogP contribution in [0.3, 0.4) is 0 Å². The van der Waals surface area contributed by atoms with Crippen molar-refractivity contribution in [1.82, 2.24) is 4.90 Å². The van der Waals surface area contributed by atoms with E-state index in [1.807, 2.05) is 0 Å². The number of likely N-dealkylation sites (tertiary alicyclic amines) is 1. The van der Waals surface area contributed by atoms with Crippen LogP contribution in [0.4, 0.5) is 13.2 Å². The molecule has 1 amide bonds. The molecule has 1 aromatic carbocycles. The summed E-state index contributed by atoms with van der Waals surface area (Å²) in [5.41, 5.74) is -0.900. The number of alkyl halides is 3. The Labute approximate surface area is 116 Å². The van der Waals surface area contributed by atoms with Gasteiger partial charge < -0.3 is 10.0 Å². The minimum atomic E-state index is -4.51. The van der Waals surface area contributed by atoms with Crippen molar-refractivity contribution >= 4 is 21.8 Å². The highest BCUT2D eigenvalue weighted by atomic mass is 79.9. The Morgan fingerprint density at radius 2 is 2.11 bits per heavy atom. The zero-order chi connectivity index (χ0) is 14.2. The molecule has 104 valence electrons. The molecule has 7 heteroatoms. The first-order chi connectivity index (χ1) is 8.79. The number of aliphatic hydroxyl groups excluding tert-OH is 1. The van der Waals surface area contributed by atoms with E-state index in [1.54, 1.807) is 0 Å². The van der Waals surface area contributed by atoms with Crippen molar-refractivity contribution in [2.45, 2.75) is 18.7 Å². The summed E-state index contributed by atoms with van der Waals surface area (Å²) in [4.78, 5) is 13.4. The lowest BCUT2D eigenvalue weighted by atomic mass is 10.1. The lowest BCUT2D eigenvalue weighted by Gasteiger charge is -2.17. The Balaban J connectivity index is 2.28. The van der Waals surface area contributed by atoms with Crippen molar-refractivity contribution in [1.29, 1.82) is 0 Å². The van der Waals surface area contributed by atoms with Crippen molar-refractivity contribution in [2.75, 3.05) is 13.1 Å². The standard InChI is InChI=1S/C12H11BrF3NO2/c13-10-2-1-7(5-9(10)12(14,15)16)11(19)17-4-3-8(18)6-17/h1-2,5,8,18H,3-4,6H2/t8-/m1/s1. The second-order valence-corrected chi connectivity index (χ2v) is 5.24. The minimum Gasteiger partial charge on any atom is -0.391 e. The molecule has 0 saturated carbocycles. The van der Waals surface area contributed by atoms with Crippen LogP contribution in [0.15, 0.2) is 22.7 Å². The van der Waals surface area contributed by atoms with Crippen molar-refractivity contribution < 1.29 is 23.1 Å². The summed E-state index contributed by atoms with van der Waals surface area (Å²) >= 11 is 2.82. The van der Waals surface area contributed by atoms with E-state index in [0.29, 0.717) is 13.0 Å². The lowest BCUT2D eigenvalue weighted by molar-refractivity contribution is -0.138. The fourth-order valence-electron chi connectivity index (χ4n) is 1.98. The summed E-state index contributed by atoms with van der Waals surface area (Å²) in [7, 11) is 0. The van der Waals surface area contributed by atoms with Gasteiger partial charge in [0.05, 0.1) is 11.7 Å². The Morgan fingerprint density at radius 1 is 1.42 bits per heavy atom. The maximum atomic E-state index is 12.7. The Bertz CT molecular complexity index is 504. The molecule has 1 atom stereocenters. The maximum absolute atomic E-state index is 12.7. The average molecular weight is 338 g/mol. The molecule has 1 saturated heterocycles. The van der Waals surface area contributed by atoms with Crippen molar-refractivity contribution in [3.05, 3.63) is 33.8 Å². The first-order valence-electron chi connectivity index (χ1n) is 5.63. The normalized spacial score (nSPS) is 19.8. The zero-order valence-electron chi connectivity index (χ0n) is 9.75. The summed E-state index contributed by atoms with van der Waals surface area (Å²) in [6.45, 7) is 0.521. The van der Waals surface area contributed by atoms with E-state index in [9.17, 15) is 23.1 Å². The van der Waals surface area contributed by atoms with E-state index in [0.717, 1.165) is 6.07 Å². The fourth-order valence-corrected chi connectivity index (χ4v) is 2.46. The van der Waals surface area contributed by atoms with E-state index in [1.165, 1.54) is 17.0 Å². The molecule has 1 N–H and O–H groups in total. The molecular formula is C12H11BrF3NO2. The molecule has 3 nitrogen and oxygen atoms in total. The quantitative estimate of drug-likeness (QED) is 0.855. The third-order valence-electron chi connectivity index (χ3n) is 2.97. The van der Waals surface area contributed by atoms with Crippen LogP contribution in [-0.2, 0) is 6.18 Å². The van der Waals surface area contributed by atoms with Gasteiger partial charge in [-0.3, -0.25) is 4.79 Å². The van der Waals surface area contributed by atoms with Crippen LogP contribution >= 0.6 is 15.9 Å². The average Bonchev–Trinajstić information content (AvgIpc) is 2.74. The number of rotatable bonds is 1. The molecule has 1 aliphatic heterocycles. The predicted molar refractivity (Wildman–Crippen MR) is 65.7 cm³/mol. The van der Waals surface area contributed by atoms with Gasteiger partial charge in [-0.15, -0.1) is 0 Å². The number of benzene rings is 1. The van der Waals surface area contributed by atoms with Gasteiger partial charge in [-0.1, -0.05) is 15.9 Å². The zero-order valence-corrected chi connectivity index (χ0v) is 11.3. The van der Waals surface area contributed by atoms with Gasteiger partial charge >= 0.3 is 6.18 Å². The van der Waals surface area contributed by atoms with E-state index >= 15 is 0 Å². The van der Waals surface area contributed by atoms with Crippen LogP contribution in [0.5, 0.6) is 0 Å². The summed E-state index contributed by atoms with van der Waals surface area (Å²) in [5, 5.41) is 9.34. The van der Waals surface area contributed by atoms with Crippen LogP contribution in [-0.4, -0.2) is 35.1 Å². The van der Waals surface area contributed by atoms with Crippen molar-refractivity contribution in [3.63, 3.8) is 0 Å². The van der Waals surface area contributed by atoms with E-state index in [4.69, 9.17) is 0 Å². The van der Waals surface area contributed by atoms with E-state index < -0.39 is 23.8 Å². The fraction of sp³-hybridized carbons (Fsp3) is 0.417. The number of hydrogen-bond donors (Lipinski definition) is 1. The van der Waals surface area contributed by atoms with E-state index in [2.05, 4.69) is 15.9 Å². The number of carbonyl (C=O) groups is 1.